The van der Waals surface area contributed by atoms with Crippen molar-refractivity contribution in [2.75, 3.05) is 11.4 Å². The minimum Gasteiger partial charge on any atom is -0.478 e. The number of aromatic nitrogens is 2. The van der Waals surface area contributed by atoms with E-state index in [-0.39, 0.29) is 17.4 Å². The smallest absolute Gasteiger partial charge is 0.339 e. The minimum atomic E-state index is -1.05. The zero-order valence-corrected chi connectivity index (χ0v) is 17.8. The lowest BCUT2D eigenvalue weighted by Crippen LogP contribution is -2.25. The summed E-state index contributed by atoms with van der Waals surface area (Å²) < 4.78 is 14.5. The quantitative estimate of drug-likeness (QED) is 0.536. The van der Waals surface area contributed by atoms with Crippen LogP contribution in [0.1, 0.15) is 46.1 Å². The maximum absolute atomic E-state index is 13.5. The molecule has 7 heteroatoms. The molecule has 154 valence electrons. The second-order valence-corrected chi connectivity index (χ2v) is 8.29. The molecule has 0 amide bonds. The summed E-state index contributed by atoms with van der Waals surface area (Å²) in [6.07, 6.45) is 4.29. The van der Waals surface area contributed by atoms with E-state index in [4.69, 9.17) is 0 Å². The van der Waals surface area contributed by atoms with Gasteiger partial charge in [0.1, 0.15) is 5.82 Å². The molecule has 1 unspecified atom stereocenters. The largest absolute Gasteiger partial charge is 0.478 e. The number of anilines is 1. The van der Waals surface area contributed by atoms with Gasteiger partial charge < -0.3 is 10.0 Å². The number of carboxylic acids is 1. The molecule has 2 aromatic carbocycles. The summed E-state index contributed by atoms with van der Waals surface area (Å²) in [5.41, 5.74) is 2.54. The molecule has 0 saturated carbocycles. The Morgan fingerprint density at radius 2 is 2.03 bits per heavy atom. The molecule has 1 atom stereocenters. The number of halogens is 2. The van der Waals surface area contributed by atoms with Crippen molar-refractivity contribution < 1.29 is 14.3 Å². The van der Waals surface area contributed by atoms with Gasteiger partial charge in [0.15, 0.2) is 0 Å². The van der Waals surface area contributed by atoms with Crippen molar-refractivity contribution in [3.8, 4) is 0 Å². The number of hydrogen-bond acceptors (Lipinski definition) is 4. The summed E-state index contributed by atoms with van der Waals surface area (Å²) in [4.78, 5) is 22.8. The van der Waals surface area contributed by atoms with E-state index >= 15 is 0 Å². The molecule has 1 saturated heterocycles. The Hall–Kier alpha value is -2.80. The molecule has 1 aromatic heterocycles. The number of carboxylic acid groups (broad SMARTS) is 1. The molecule has 0 aliphatic carbocycles. The maximum Gasteiger partial charge on any atom is 0.339 e. The first-order valence-corrected chi connectivity index (χ1v) is 10.7. The van der Waals surface area contributed by atoms with Crippen LogP contribution in [0, 0.1) is 5.82 Å². The minimum absolute atomic E-state index is 0.0911. The normalized spacial score (nSPS) is 16.1. The second-order valence-electron chi connectivity index (χ2n) is 7.37. The molecule has 1 aliphatic heterocycles. The predicted octanol–water partition coefficient (Wildman–Crippen LogP) is 5.20. The third-order valence-corrected chi connectivity index (χ3v) is 5.86. The summed E-state index contributed by atoms with van der Waals surface area (Å²) in [5.74, 6) is -0.819. The summed E-state index contributed by atoms with van der Waals surface area (Å²) in [5, 5.41) is 9.56. The fourth-order valence-corrected chi connectivity index (χ4v) is 4.35. The van der Waals surface area contributed by atoms with Gasteiger partial charge in [-0.2, -0.15) is 0 Å². The molecule has 1 N–H and O–H groups in total. The van der Waals surface area contributed by atoms with E-state index in [0.29, 0.717) is 24.5 Å². The van der Waals surface area contributed by atoms with Crippen molar-refractivity contribution >= 4 is 27.8 Å². The summed E-state index contributed by atoms with van der Waals surface area (Å²) in [7, 11) is 0. The number of carbonyl (C=O) groups is 1. The number of rotatable bonds is 6. The van der Waals surface area contributed by atoms with Crippen molar-refractivity contribution in [1.29, 1.82) is 0 Å². The Labute approximate surface area is 182 Å². The highest BCUT2D eigenvalue weighted by Gasteiger charge is 2.29. The SMILES string of the molecule is O=C(O)c1cnc(N2CCCC2c2cccc(Br)c2)nc1CCc1cccc(F)c1. The van der Waals surface area contributed by atoms with Gasteiger partial charge in [-0.25, -0.2) is 19.2 Å². The lowest BCUT2D eigenvalue weighted by molar-refractivity contribution is 0.0694. The van der Waals surface area contributed by atoms with Crippen LogP contribution in [0.15, 0.2) is 59.2 Å². The number of nitrogens with zero attached hydrogens (tertiary/aromatic N) is 3. The molecule has 0 spiro atoms. The van der Waals surface area contributed by atoms with Gasteiger partial charge in [-0.15, -0.1) is 0 Å². The van der Waals surface area contributed by atoms with Crippen LogP contribution >= 0.6 is 15.9 Å². The van der Waals surface area contributed by atoms with Crippen LogP contribution in [0.4, 0.5) is 10.3 Å². The third kappa shape index (κ3) is 4.51. The van der Waals surface area contributed by atoms with E-state index < -0.39 is 5.97 Å². The van der Waals surface area contributed by atoms with E-state index in [9.17, 15) is 14.3 Å². The molecular formula is C23H21BrFN3O2. The first-order valence-electron chi connectivity index (χ1n) is 9.87. The molecule has 3 aromatic rings. The summed E-state index contributed by atoms with van der Waals surface area (Å²) in [6, 6.07) is 14.7. The predicted molar refractivity (Wildman–Crippen MR) is 116 cm³/mol. The molecule has 5 nitrogen and oxygen atoms in total. The highest BCUT2D eigenvalue weighted by atomic mass is 79.9. The number of benzene rings is 2. The zero-order chi connectivity index (χ0) is 21.1. The molecule has 0 radical (unpaired) electrons. The van der Waals surface area contributed by atoms with Crippen LogP contribution in [0.25, 0.3) is 0 Å². The average Bonchev–Trinajstić information content (AvgIpc) is 3.22. The van der Waals surface area contributed by atoms with Crippen LogP contribution in [0.2, 0.25) is 0 Å². The van der Waals surface area contributed by atoms with E-state index in [1.807, 2.05) is 18.2 Å². The van der Waals surface area contributed by atoms with Crippen LogP contribution in [-0.4, -0.2) is 27.6 Å². The molecule has 0 bridgehead atoms. The molecule has 1 fully saturated rings. The Balaban J connectivity index is 1.62. The molecular weight excluding hydrogens is 449 g/mol. The Morgan fingerprint density at radius 1 is 1.20 bits per heavy atom. The highest BCUT2D eigenvalue weighted by Crippen LogP contribution is 2.35. The lowest BCUT2D eigenvalue weighted by atomic mass is 10.0. The van der Waals surface area contributed by atoms with Gasteiger partial charge in [0.25, 0.3) is 0 Å². The Morgan fingerprint density at radius 3 is 2.80 bits per heavy atom. The fourth-order valence-electron chi connectivity index (χ4n) is 3.94. The van der Waals surface area contributed by atoms with Gasteiger partial charge in [0.2, 0.25) is 5.95 Å². The zero-order valence-electron chi connectivity index (χ0n) is 16.3. The van der Waals surface area contributed by atoms with Gasteiger partial charge in [0.05, 0.1) is 17.3 Å². The van der Waals surface area contributed by atoms with Crippen LogP contribution in [0.3, 0.4) is 0 Å². The monoisotopic (exact) mass is 469 g/mol. The van der Waals surface area contributed by atoms with E-state index in [1.165, 1.54) is 23.9 Å². The summed E-state index contributed by atoms with van der Waals surface area (Å²) in [6.45, 7) is 0.812. The Bertz CT molecular complexity index is 1080. The van der Waals surface area contributed by atoms with Crippen molar-refractivity contribution in [3.05, 3.63) is 87.4 Å². The van der Waals surface area contributed by atoms with E-state index in [0.717, 1.165) is 29.4 Å². The van der Waals surface area contributed by atoms with Crippen LogP contribution in [0.5, 0.6) is 0 Å². The van der Waals surface area contributed by atoms with Gasteiger partial charge in [-0.3, -0.25) is 0 Å². The topological polar surface area (TPSA) is 66.3 Å². The fraction of sp³-hybridized carbons (Fsp3) is 0.261. The lowest BCUT2D eigenvalue weighted by Gasteiger charge is -2.25. The first kappa shape index (κ1) is 20.5. The molecule has 30 heavy (non-hydrogen) atoms. The van der Waals surface area contributed by atoms with E-state index in [1.54, 1.807) is 6.07 Å². The second kappa shape index (κ2) is 8.92. The van der Waals surface area contributed by atoms with Gasteiger partial charge >= 0.3 is 5.97 Å². The first-order chi connectivity index (χ1) is 14.5. The van der Waals surface area contributed by atoms with Crippen LogP contribution in [-0.2, 0) is 12.8 Å². The van der Waals surface area contributed by atoms with Crippen molar-refractivity contribution in [2.45, 2.75) is 31.7 Å². The Kier molecular flexibility index (Phi) is 6.08. The average molecular weight is 470 g/mol. The third-order valence-electron chi connectivity index (χ3n) is 5.37. The van der Waals surface area contributed by atoms with Crippen molar-refractivity contribution in [3.63, 3.8) is 0 Å². The molecule has 1 aliphatic rings. The number of hydrogen-bond donors (Lipinski definition) is 1. The van der Waals surface area contributed by atoms with Gasteiger partial charge in [-0.1, -0.05) is 40.2 Å². The highest BCUT2D eigenvalue weighted by molar-refractivity contribution is 9.10. The van der Waals surface area contributed by atoms with Crippen LogP contribution < -0.4 is 4.90 Å². The van der Waals surface area contributed by atoms with Gasteiger partial charge in [-0.05, 0) is 61.1 Å². The number of aromatic carboxylic acids is 1. The number of aryl methyl sites for hydroxylation is 2. The summed E-state index contributed by atoms with van der Waals surface area (Å²) >= 11 is 3.53. The standard InChI is InChI=1S/C23H21BrFN3O2/c24-17-6-2-5-16(13-17)21-8-3-11-28(21)23-26-14-19(22(29)30)20(27-23)10-9-15-4-1-7-18(25)12-15/h1-2,4-7,12-14,21H,3,8-11H2,(H,29,30). The van der Waals surface area contributed by atoms with E-state index in [2.05, 4.69) is 42.9 Å². The van der Waals surface area contributed by atoms with Gasteiger partial charge in [0, 0.05) is 17.2 Å². The van der Waals surface area contributed by atoms with Crippen molar-refractivity contribution in [1.82, 2.24) is 9.97 Å². The maximum atomic E-state index is 13.5. The van der Waals surface area contributed by atoms with Crippen molar-refractivity contribution in [2.24, 2.45) is 0 Å². The molecule has 2 heterocycles. The molecule has 4 rings (SSSR count).